The number of aromatic nitrogens is 2. The molecule has 0 bridgehead atoms. The van der Waals surface area contributed by atoms with Crippen molar-refractivity contribution in [1.29, 1.82) is 0 Å². The maximum absolute atomic E-state index is 5.40. The summed E-state index contributed by atoms with van der Waals surface area (Å²) in [4.78, 5) is 4.49. The van der Waals surface area contributed by atoms with Gasteiger partial charge in [0.2, 0.25) is 11.7 Å². The van der Waals surface area contributed by atoms with Crippen LogP contribution in [0.4, 0.5) is 0 Å². The van der Waals surface area contributed by atoms with Gasteiger partial charge in [0.15, 0.2) is 0 Å². The molecule has 1 unspecified atom stereocenters. The molecule has 130 valence electrons. The number of nitrogens with one attached hydrogen (secondary N) is 1. The van der Waals surface area contributed by atoms with Gasteiger partial charge in [0, 0.05) is 11.6 Å². The Morgan fingerprint density at radius 2 is 1.72 bits per heavy atom. The van der Waals surface area contributed by atoms with Gasteiger partial charge in [-0.2, -0.15) is 4.98 Å². The zero-order valence-corrected chi connectivity index (χ0v) is 15.1. The van der Waals surface area contributed by atoms with Crippen molar-refractivity contribution in [2.24, 2.45) is 5.92 Å². The lowest BCUT2D eigenvalue weighted by Crippen LogP contribution is -2.25. The molecule has 25 heavy (non-hydrogen) atoms. The Labute approximate surface area is 149 Å². The molecular weight excluding hydrogens is 310 g/mol. The highest BCUT2D eigenvalue weighted by Gasteiger charge is 2.17. The van der Waals surface area contributed by atoms with Gasteiger partial charge in [-0.25, -0.2) is 0 Å². The van der Waals surface area contributed by atoms with Crippen molar-refractivity contribution in [2.45, 2.75) is 39.8 Å². The number of hydrogen-bond acceptors (Lipinski definition) is 4. The number of rotatable bonds is 7. The summed E-state index contributed by atoms with van der Waals surface area (Å²) in [5.74, 6) is 1.70. The summed E-state index contributed by atoms with van der Waals surface area (Å²) >= 11 is 0. The van der Waals surface area contributed by atoms with Crippen LogP contribution in [0, 0.1) is 5.92 Å². The van der Waals surface area contributed by atoms with Gasteiger partial charge in [0.05, 0.1) is 6.54 Å². The summed E-state index contributed by atoms with van der Waals surface area (Å²) in [5, 5.41) is 7.64. The van der Waals surface area contributed by atoms with E-state index in [1.165, 1.54) is 11.1 Å². The van der Waals surface area contributed by atoms with Crippen LogP contribution in [-0.4, -0.2) is 10.1 Å². The van der Waals surface area contributed by atoms with Gasteiger partial charge >= 0.3 is 0 Å². The molecule has 0 fully saturated rings. The van der Waals surface area contributed by atoms with E-state index < -0.39 is 0 Å². The van der Waals surface area contributed by atoms with Crippen molar-refractivity contribution in [1.82, 2.24) is 15.5 Å². The van der Waals surface area contributed by atoms with E-state index in [0.717, 1.165) is 12.0 Å². The minimum absolute atomic E-state index is 0.248. The van der Waals surface area contributed by atoms with Gasteiger partial charge in [-0.3, -0.25) is 0 Å². The first-order valence-electron chi connectivity index (χ1n) is 8.87. The summed E-state index contributed by atoms with van der Waals surface area (Å²) in [5.41, 5.74) is 3.61. The number of hydrogen-bond donors (Lipinski definition) is 1. The first-order valence-corrected chi connectivity index (χ1v) is 8.87. The van der Waals surface area contributed by atoms with Gasteiger partial charge in [0.1, 0.15) is 0 Å². The number of aryl methyl sites for hydroxylation is 1. The number of nitrogens with zero attached hydrogens (tertiary/aromatic N) is 2. The average Bonchev–Trinajstić information content (AvgIpc) is 3.12. The maximum atomic E-state index is 5.40. The molecule has 3 aromatic rings. The van der Waals surface area contributed by atoms with Crippen LogP contribution in [-0.2, 0) is 13.0 Å². The Morgan fingerprint density at radius 1 is 1.00 bits per heavy atom. The van der Waals surface area contributed by atoms with E-state index in [2.05, 4.69) is 60.5 Å². The summed E-state index contributed by atoms with van der Waals surface area (Å²) in [7, 11) is 0. The molecule has 4 heteroatoms. The fourth-order valence-corrected chi connectivity index (χ4v) is 2.93. The Hall–Kier alpha value is -2.46. The summed E-state index contributed by atoms with van der Waals surface area (Å²) in [6.45, 7) is 7.16. The SMILES string of the molecule is CCc1ccc(C(NCc2nc(-c3ccccc3)no2)C(C)C)cc1. The fraction of sp³-hybridized carbons (Fsp3) is 0.333. The van der Waals surface area contributed by atoms with Crippen molar-refractivity contribution < 1.29 is 4.52 Å². The van der Waals surface area contributed by atoms with Crippen molar-refractivity contribution in [2.75, 3.05) is 0 Å². The van der Waals surface area contributed by atoms with Gasteiger partial charge < -0.3 is 9.84 Å². The molecule has 2 aromatic carbocycles. The minimum Gasteiger partial charge on any atom is -0.338 e. The molecule has 1 aromatic heterocycles. The lowest BCUT2D eigenvalue weighted by Gasteiger charge is -2.22. The lowest BCUT2D eigenvalue weighted by molar-refractivity contribution is 0.338. The third-order valence-corrected chi connectivity index (χ3v) is 4.39. The van der Waals surface area contributed by atoms with Crippen LogP contribution in [0.25, 0.3) is 11.4 Å². The first kappa shape index (κ1) is 17.4. The molecular formula is C21H25N3O. The monoisotopic (exact) mass is 335 g/mol. The van der Waals surface area contributed by atoms with E-state index in [-0.39, 0.29) is 6.04 Å². The third kappa shape index (κ3) is 4.34. The van der Waals surface area contributed by atoms with Crippen LogP contribution < -0.4 is 5.32 Å². The smallest absolute Gasteiger partial charge is 0.240 e. The molecule has 0 saturated carbocycles. The highest BCUT2D eigenvalue weighted by atomic mass is 16.5. The van der Waals surface area contributed by atoms with E-state index in [9.17, 15) is 0 Å². The highest BCUT2D eigenvalue weighted by molar-refractivity contribution is 5.53. The predicted molar refractivity (Wildman–Crippen MR) is 100.0 cm³/mol. The molecule has 3 rings (SSSR count). The molecule has 0 saturated heterocycles. The van der Waals surface area contributed by atoms with Crippen molar-refractivity contribution in [3.63, 3.8) is 0 Å². The molecule has 1 heterocycles. The van der Waals surface area contributed by atoms with Gasteiger partial charge in [-0.15, -0.1) is 0 Å². The minimum atomic E-state index is 0.248. The third-order valence-electron chi connectivity index (χ3n) is 4.39. The quantitative estimate of drug-likeness (QED) is 0.675. The van der Waals surface area contributed by atoms with E-state index in [1.54, 1.807) is 0 Å². The second-order valence-electron chi connectivity index (χ2n) is 6.58. The van der Waals surface area contributed by atoms with Crippen molar-refractivity contribution >= 4 is 0 Å². The highest BCUT2D eigenvalue weighted by Crippen LogP contribution is 2.23. The molecule has 0 aliphatic rings. The number of benzene rings is 2. The summed E-state index contributed by atoms with van der Waals surface area (Å²) in [6, 6.07) is 18.9. The van der Waals surface area contributed by atoms with E-state index in [1.807, 2.05) is 30.3 Å². The summed E-state index contributed by atoms with van der Waals surface area (Å²) in [6.07, 6.45) is 1.06. The van der Waals surface area contributed by atoms with Gasteiger partial charge in [-0.05, 0) is 23.5 Å². The Bertz CT molecular complexity index is 778. The molecule has 1 N–H and O–H groups in total. The zero-order chi connectivity index (χ0) is 17.6. The Kier molecular flexibility index (Phi) is 5.61. The summed E-state index contributed by atoms with van der Waals surface area (Å²) < 4.78 is 5.40. The second-order valence-corrected chi connectivity index (χ2v) is 6.58. The van der Waals surface area contributed by atoms with Gasteiger partial charge in [0.25, 0.3) is 0 Å². The van der Waals surface area contributed by atoms with E-state index >= 15 is 0 Å². The largest absolute Gasteiger partial charge is 0.338 e. The first-order chi connectivity index (χ1) is 12.2. The van der Waals surface area contributed by atoms with Crippen LogP contribution in [0.5, 0.6) is 0 Å². The van der Waals surface area contributed by atoms with Crippen LogP contribution in [0.3, 0.4) is 0 Å². The second kappa shape index (κ2) is 8.08. The van der Waals surface area contributed by atoms with Crippen LogP contribution in [0.15, 0.2) is 59.1 Å². The maximum Gasteiger partial charge on any atom is 0.240 e. The van der Waals surface area contributed by atoms with Crippen LogP contribution in [0.2, 0.25) is 0 Å². The van der Waals surface area contributed by atoms with Gasteiger partial charge in [-0.1, -0.05) is 80.5 Å². The van der Waals surface area contributed by atoms with Crippen LogP contribution >= 0.6 is 0 Å². The normalized spacial score (nSPS) is 12.5. The van der Waals surface area contributed by atoms with Crippen molar-refractivity contribution in [3.8, 4) is 11.4 Å². The topological polar surface area (TPSA) is 51.0 Å². The predicted octanol–water partition coefficient (Wildman–Crippen LogP) is 4.79. The Morgan fingerprint density at radius 3 is 2.36 bits per heavy atom. The molecule has 1 atom stereocenters. The zero-order valence-electron chi connectivity index (χ0n) is 15.1. The molecule has 0 aliphatic carbocycles. The molecule has 4 nitrogen and oxygen atoms in total. The molecule has 0 spiro atoms. The Balaban J connectivity index is 1.68. The molecule has 0 aliphatic heterocycles. The standard InChI is InChI=1S/C21H25N3O/c1-4-16-10-12-17(13-11-16)20(15(2)3)22-14-19-23-21(24-25-19)18-8-6-5-7-9-18/h5-13,15,20,22H,4,14H2,1-3H3. The average molecular weight is 335 g/mol. The molecule has 0 radical (unpaired) electrons. The van der Waals surface area contributed by atoms with E-state index in [0.29, 0.717) is 24.2 Å². The molecule has 0 amide bonds. The van der Waals surface area contributed by atoms with Crippen LogP contribution in [0.1, 0.15) is 43.8 Å². The van der Waals surface area contributed by atoms with E-state index in [4.69, 9.17) is 4.52 Å². The fourth-order valence-electron chi connectivity index (χ4n) is 2.93. The van der Waals surface area contributed by atoms with Crippen molar-refractivity contribution in [3.05, 3.63) is 71.6 Å². The lowest BCUT2D eigenvalue weighted by atomic mass is 9.95.